The first-order valence-electron chi connectivity index (χ1n) is 6.43. The van der Waals surface area contributed by atoms with E-state index in [1.165, 1.54) is 12.1 Å². The van der Waals surface area contributed by atoms with Gasteiger partial charge in [0.2, 0.25) is 5.91 Å². The van der Waals surface area contributed by atoms with E-state index < -0.39 is 0 Å². The molecular formula is C14H19FN2O. The number of carbonyl (C=O) groups is 1. The van der Waals surface area contributed by atoms with Crippen molar-refractivity contribution in [2.45, 2.75) is 25.8 Å². The number of nitrogens with one attached hydrogen (secondary N) is 2. The molecule has 0 spiro atoms. The fourth-order valence-corrected chi connectivity index (χ4v) is 1.83. The van der Waals surface area contributed by atoms with Gasteiger partial charge >= 0.3 is 0 Å². The average Bonchev–Trinajstić information content (AvgIpc) is 3.19. The van der Waals surface area contributed by atoms with Crippen LogP contribution < -0.4 is 10.6 Å². The van der Waals surface area contributed by atoms with E-state index in [1.54, 1.807) is 12.1 Å². The summed E-state index contributed by atoms with van der Waals surface area (Å²) in [6.07, 6.45) is 2.07. The van der Waals surface area contributed by atoms with Crippen LogP contribution in [0, 0.1) is 11.7 Å². The van der Waals surface area contributed by atoms with Gasteiger partial charge in [-0.15, -0.1) is 0 Å². The molecule has 98 valence electrons. The number of amides is 1. The van der Waals surface area contributed by atoms with Gasteiger partial charge in [0, 0.05) is 25.0 Å². The Balaban J connectivity index is 1.66. The summed E-state index contributed by atoms with van der Waals surface area (Å²) in [5.74, 6) is 0.216. The molecule has 0 aromatic heterocycles. The second-order valence-electron chi connectivity index (χ2n) is 4.79. The van der Waals surface area contributed by atoms with E-state index >= 15 is 0 Å². The highest BCUT2D eigenvalue weighted by molar-refractivity contribution is 5.80. The minimum atomic E-state index is -0.220. The molecule has 0 heterocycles. The van der Waals surface area contributed by atoms with E-state index in [9.17, 15) is 9.18 Å². The Bertz CT molecular complexity index is 401. The fourth-order valence-electron chi connectivity index (χ4n) is 1.83. The van der Waals surface area contributed by atoms with Gasteiger partial charge in [-0.25, -0.2) is 4.39 Å². The average molecular weight is 250 g/mol. The standard InChI is InChI=1S/C14H19FN2O/c1-10(11-4-6-13(15)7-5-11)16-8-9-17-14(18)12-2-3-12/h4-7,10,12,16H,2-3,8-9H2,1H3,(H,17,18). The number of carbonyl (C=O) groups excluding carboxylic acids is 1. The molecule has 1 fully saturated rings. The highest BCUT2D eigenvalue weighted by atomic mass is 19.1. The molecule has 1 aliphatic carbocycles. The molecule has 18 heavy (non-hydrogen) atoms. The number of benzene rings is 1. The summed E-state index contributed by atoms with van der Waals surface area (Å²) in [5.41, 5.74) is 1.05. The zero-order chi connectivity index (χ0) is 13.0. The monoisotopic (exact) mass is 250 g/mol. The van der Waals surface area contributed by atoms with E-state index in [1.807, 2.05) is 6.92 Å². The van der Waals surface area contributed by atoms with E-state index in [-0.39, 0.29) is 23.7 Å². The maximum absolute atomic E-state index is 12.8. The van der Waals surface area contributed by atoms with Crippen LogP contribution in [0.25, 0.3) is 0 Å². The lowest BCUT2D eigenvalue weighted by Gasteiger charge is -2.14. The summed E-state index contributed by atoms with van der Waals surface area (Å²) in [7, 11) is 0. The largest absolute Gasteiger partial charge is 0.355 e. The van der Waals surface area contributed by atoms with Gasteiger partial charge in [-0.05, 0) is 37.5 Å². The van der Waals surface area contributed by atoms with Crippen molar-refractivity contribution in [2.75, 3.05) is 13.1 Å². The van der Waals surface area contributed by atoms with E-state index in [2.05, 4.69) is 10.6 Å². The maximum atomic E-state index is 12.8. The second kappa shape index (κ2) is 5.96. The first-order chi connectivity index (χ1) is 8.66. The molecule has 3 nitrogen and oxygen atoms in total. The van der Waals surface area contributed by atoms with Gasteiger partial charge in [-0.3, -0.25) is 4.79 Å². The Morgan fingerprint density at radius 3 is 2.61 bits per heavy atom. The summed E-state index contributed by atoms with van der Waals surface area (Å²) < 4.78 is 12.8. The maximum Gasteiger partial charge on any atom is 0.223 e. The van der Waals surface area contributed by atoms with Crippen LogP contribution >= 0.6 is 0 Å². The van der Waals surface area contributed by atoms with E-state index in [0.717, 1.165) is 24.9 Å². The quantitative estimate of drug-likeness (QED) is 0.758. The van der Waals surface area contributed by atoms with Crippen LogP contribution in [0.5, 0.6) is 0 Å². The molecule has 4 heteroatoms. The van der Waals surface area contributed by atoms with Crippen LogP contribution in [0.4, 0.5) is 4.39 Å². The fraction of sp³-hybridized carbons (Fsp3) is 0.500. The Hall–Kier alpha value is -1.42. The Kier molecular flexibility index (Phi) is 4.31. The van der Waals surface area contributed by atoms with Gasteiger partial charge in [-0.2, -0.15) is 0 Å². The predicted octanol–water partition coefficient (Wildman–Crippen LogP) is 2.00. The number of halogens is 1. The van der Waals surface area contributed by atoms with Crippen molar-refractivity contribution in [3.8, 4) is 0 Å². The van der Waals surface area contributed by atoms with Crippen molar-refractivity contribution < 1.29 is 9.18 Å². The van der Waals surface area contributed by atoms with Gasteiger partial charge in [0.1, 0.15) is 5.82 Å². The first kappa shape index (κ1) is 13.0. The van der Waals surface area contributed by atoms with Crippen molar-refractivity contribution in [2.24, 2.45) is 5.92 Å². The molecule has 0 radical (unpaired) electrons. The lowest BCUT2D eigenvalue weighted by molar-refractivity contribution is -0.122. The summed E-state index contributed by atoms with van der Waals surface area (Å²) >= 11 is 0. The smallest absolute Gasteiger partial charge is 0.223 e. The van der Waals surface area contributed by atoms with Crippen LogP contribution in [0.15, 0.2) is 24.3 Å². The van der Waals surface area contributed by atoms with Gasteiger partial charge in [-0.1, -0.05) is 12.1 Å². The van der Waals surface area contributed by atoms with Crippen molar-refractivity contribution >= 4 is 5.91 Å². The summed E-state index contributed by atoms with van der Waals surface area (Å²) in [6.45, 7) is 3.38. The normalized spacial score (nSPS) is 16.3. The molecule has 2 N–H and O–H groups in total. The molecule has 1 atom stereocenters. The Labute approximate surface area is 107 Å². The Morgan fingerprint density at radius 2 is 2.00 bits per heavy atom. The van der Waals surface area contributed by atoms with Crippen molar-refractivity contribution in [3.05, 3.63) is 35.6 Å². The molecule has 1 aromatic rings. The highest BCUT2D eigenvalue weighted by Gasteiger charge is 2.28. The SMILES string of the molecule is CC(NCCNC(=O)C1CC1)c1ccc(F)cc1. The minimum Gasteiger partial charge on any atom is -0.355 e. The highest BCUT2D eigenvalue weighted by Crippen LogP contribution is 2.28. The third-order valence-corrected chi connectivity index (χ3v) is 3.19. The molecule has 2 rings (SSSR count). The molecular weight excluding hydrogens is 231 g/mol. The van der Waals surface area contributed by atoms with Crippen LogP contribution in [0.3, 0.4) is 0 Å². The Morgan fingerprint density at radius 1 is 1.33 bits per heavy atom. The van der Waals surface area contributed by atoms with Gasteiger partial charge in [0.25, 0.3) is 0 Å². The number of hydrogen-bond acceptors (Lipinski definition) is 2. The lowest BCUT2D eigenvalue weighted by atomic mass is 10.1. The number of hydrogen-bond donors (Lipinski definition) is 2. The summed E-state index contributed by atoms with van der Waals surface area (Å²) in [4.78, 5) is 11.4. The predicted molar refractivity (Wildman–Crippen MR) is 68.6 cm³/mol. The van der Waals surface area contributed by atoms with Crippen LogP contribution in [0.2, 0.25) is 0 Å². The third-order valence-electron chi connectivity index (χ3n) is 3.19. The van der Waals surface area contributed by atoms with Gasteiger partial charge in [0.15, 0.2) is 0 Å². The molecule has 1 aliphatic rings. The van der Waals surface area contributed by atoms with Crippen LogP contribution in [0.1, 0.15) is 31.4 Å². The molecule has 1 aromatic carbocycles. The van der Waals surface area contributed by atoms with Gasteiger partial charge < -0.3 is 10.6 Å². The lowest BCUT2D eigenvalue weighted by Crippen LogP contribution is -2.33. The molecule has 0 aliphatic heterocycles. The van der Waals surface area contributed by atoms with Crippen molar-refractivity contribution in [3.63, 3.8) is 0 Å². The van der Waals surface area contributed by atoms with Gasteiger partial charge in [0.05, 0.1) is 0 Å². The topological polar surface area (TPSA) is 41.1 Å². The molecule has 0 bridgehead atoms. The molecule has 0 saturated heterocycles. The second-order valence-corrected chi connectivity index (χ2v) is 4.79. The van der Waals surface area contributed by atoms with Crippen LogP contribution in [-0.2, 0) is 4.79 Å². The van der Waals surface area contributed by atoms with Crippen LogP contribution in [-0.4, -0.2) is 19.0 Å². The van der Waals surface area contributed by atoms with E-state index in [4.69, 9.17) is 0 Å². The van der Waals surface area contributed by atoms with E-state index in [0.29, 0.717) is 6.54 Å². The third kappa shape index (κ3) is 3.81. The molecule has 1 saturated carbocycles. The minimum absolute atomic E-state index is 0.156. The zero-order valence-corrected chi connectivity index (χ0v) is 10.6. The zero-order valence-electron chi connectivity index (χ0n) is 10.6. The summed E-state index contributed by atoms with van der Waals surface area (Å²) in [6, 6.07) is 6.62. The summed E-state index contributed by atoms with van der Waals surface area (Å²) in [5, 5.41) is 6.19. The molecule has 1 amide bonds. The van der Waals surface area contributed by atoms with Crippen molar-refractivity contribution in [1.82, 2.24) is 10.6 Å². The first-order valence-corrected chi connectivity index (χ1v) is 6.43. The van der Waals surface area contributed by atoms with Crippen molar-refractivity contribution in [1.29, 1.82) is 0 Å². The molecule has 1 unspecified atom stereocenters. The number of rotatable bonds is 6.